The van der Waals surface area contributed by atoms with Crippen molar-refractivity contribution in [1.29, 1.82) is 0 Å². The third-order valence-corrected chi connectivity index (χ3v) is 2.12. The Balaban J connectivity index is 4.73. The summed E-state index contributed by atoms with van der Waals surface area (Å²) in [4.78, 5) is 16.4. The zero-order valence-corrected chi connectivity index (χ0v) is 9.20. The maximum atomic E-state index is 11.6. The van der Waals surface area contributed by atoms with Crippen LogP contribution in [0.25, 0.3) is 0 Å². The average Bonchev–Trinajstić information content (AvgIpc) is 2.14. The van der Waals surface area contributed by atoms with Crippen LogP contribution in [0.15, 0.2) is 0 Å². The SMILES string of the molecule is CCOC(=O)[C@](COC)(ON)C(C)C. The van der Waals surface area contributed by atoms with E-state index in [1.54, 1.807) is 6.92 Å². The Morgan fingerprint density at radius 2 is 2.07 bits per heavy atom. The molecule has 0 aromatic carbocycles. The number of hydrogen-bond donors (Lipinski definition) is 1. The van der Waals surface area contributed by atoms with Gasteiger partial charge in [-0.05, 0) is 12.8 Å². The second kappa shape index (κ2) is 5.95. The lowest BCUT2D eigenvalue weighted by atomic mass is 9.91. The first-order valence-corrected chi connectivity index (χ1v) is 4.59. The molecule has 0 heterocycles. The van der Waals surface area contributed by atoms with Gasteiger partial charge in [0.25, 0.3) is 0 Å². The molecule has 0 unspecified atom stereocenters. The molecule has 0 aromatic heterocycles. The summed E-state index contributed by atoms with van der Waals surface area (Å²) in [6.07, 6.45) is 0. The van der Waals surface area contributed by atoms with Crippen molar-refractivity contribution in [3.05, 3.63) is 0 Å². The Morgan fingerprint density at radius 1 is 1.50 bits per heavy atom. The van der Waals surface area contributed by atoms with Crippen LogP contribution in [-0.4, -0.2) is 31.9 Å². The summed E-state index contributed by atoms with van der Waals surface area (Å²) in [7, 11) is 1.48. The average molecular weight is 205 g/mol. The van der Waals surface area contributed by atoms with Gasteiger partial charge in [-0.1, -0.05) is 13.8 Å². The molecule has 0 aliphatic carbocycles. The molecule has 0 aliphatic heterocycles. The summed E-state index contributed by atoms with van der Waals surface area (Å²) >= 11 is 0. The fourth-order valence-electron chi connectivity index (χ4n) is 1.15. The van der Waals surface area contributed by atoms with Crippen molar-refractivity contribution in [1.82, 2.24) is 0 Å². The monoisotopic (exact) mass is 205 g/mol. The molecule has 1 atom stereocenters. The van der Waals surface area contributed by atoms with Crippen LogP contribution in [0.5, 0.6) is 0 Å². The predicted octanol–water partition coefficient (Wildman–Crippen LogP) is 0.481. The van der Waals surface area contributed by atoms with Crippen LogP contribution in [0.1, 0.15) is 20.8 Å². The van der Waals surface area contributed by atoms with Crippen molar-refractivity contribution in [2.75, 3.05) is 20.3 Å². The van der Waals surface area contributed by atoms with Crippen LogP contribution in [0.3, 0.4) is 0 Å². The summed E-state index contributed by atoms with van der Waals surface area (Å²) in [6, 6.07) is 0. The largest absolute Gasteiger partial charge is 0.464 e. The molecule has 0 spiro atoms. The number of hydrogen-bond acceptors (Lipinski definition) is 5. The van der Waals surface area contributed by atoms with Gasteiger partial charge in [-0.15, -0.1) is 0 Å². The highest BCUT2D eigenvalue weighted by Crippen LogP contribution is 2.22. The lowest BCUT2D eigenvalue weighted by molar-refractivity contribution is -0.189. The van der Waals surface area contributed by atoms with E-state index in [9.17, 15) is 4.79 Å². The quantitative estimate of drug-likeness (QED) is 0.504. The number of carbonyl (C=O) groups excluding carboxylic acids is 1. The summed E-state index contributed by atoms with van der Waals surface area (Å²) < 4.78 is 9.81. The highest BCUT2D eigenvalue weighted by Gasteiger charge is 2.44. The number of carbonyl (C=O) groups is 1. The molecule has 2 N–H and O–H groups in total. The van der Waals surface area contributed by atoms with Crippen molar-refractivity contribution in [2.24, 2.45) is 11.8 Å². The first-order chi connectivity index (χ1) is 6.55. The minimum absolute atomic E-state index is 0.0833. The minimum atomic E-state index is -1.20. The van der Waals surface area contributed by atoms with E-state index in [0.717, 1.165) is 0 Å². The zero-order valence-electron chi connectivity index (χ0n) is 9.20. The highest BCUT2D eigenvalue weighted by atomic mass is 16.7. The molecule has 14 heavy (non-hydrogen) atoms. The Hall–Kier alpha value is -0.650. The Bertz CT molecular complexity index is 184. The van der Waals surface area contributed by atoms with Crippen molar-refractivity contribution in [2.45, 2.75) is 26.4 Å². The van der Waals surface area contributed by atoms with E-state index in [1.807, 2.05) is 13.8 Å². The molecular weight excluding hydrogens is 186 g/mol. The van der Waals surface area contributed by atoms with Crippen molar-refractivity contribution < 1.29 is 19.1 Å². The van der Waals surface area contributed by atoms with Gasteiger partial charge in [-0.3, -0.25) is 4.84 Å². The number of ether oxygens (including phenoxy) is 2. The van der Waals surface area contributed by atoms with Gasteiger partial charge in [-0.2, -0.15) is 0 Å². The molecule has 5 heteroatoms. The molecule has 0 saturated carbocycles. The van der Waals surface area contributed by atoms with E-state index < -0.39 is 11.6 Å². The van der Waals surface area contributed by atoms with Gasteiger partial charge >= 0.3 is 5.97 Å². The van der Waals surface area contributed by atoms with Crippen LogP contribution in [-0.2, 0) is 19.1 Å². The summed E-state index contributed by atoms with van der Waals surface area (Å²) in [5.74, 6) is 4.54. The summed E-state index contributed by atoms with van der Waals surface area (Å²) in [5, 5.41) is 0. The van der Waals surface area contributed by atoms with Crippen LogP contribution in [0.2, 0.25) is 0 Å². The van der Waals surface area contributed by atoms with Crippen LogP contribution < -0.4 is 5.90 Å². The van der Waals surface area contributed by atoms with Gasteiger partial charge in [0, 0.05) is 7.11 Å². The van der Waals surface area contributed by atoms with Crippen molar-refractivity contribution in [3.63, 3.8) is 0 Å². The fraction of sp³-hybridized carbons (Fsp3) is 0.889. The fourth-order valence-corrected chi connectivity index (χ4v) is 1.15. The minimum Gasteiger partial charge on any atom is -0.464 e. The van der Waals surface area contributed by atoms with E-state index in [2.05, 4.69) is 0 Å². The van der Waals surface area contributed by atoms with E-state index in [-0.39, 0.29) is 12.5 Å². The normalized spacial score (nSPS) is 15.3. The maximum Gasteiger partial charge on any atom is 0.343 e. The maximum absolute atomic E-state index is 11.6. The van der Waals surface area contributed by atoms with E-state index in [0.29, 0.717) is 6.61 Å². The molecule has 0 radical (unpaired) electrons. The van der Waals surface area contributed by atoms with E-state index in [4.69, 9.17) is 20.2 Å². The Labute approximate surface area is 84.5 Å². The molecule has 84 valence electrons. The number of nitrogens with two attached hydrogens (primary N) is 1. The molecule has 0 fully saturated rings. The van der Waals surface area contributed by atoms with Crippen LogP contribution >= 0.6 is 0 Å². The third kappa shape index (κ3) is 2.67. The molecule has 0 aromatic rings. The van der Waals surface area contributed by atoms with Gasteiger partial charge in [0.05, 0.1) is 13.2 Å². The van der Waals surface area contributed by atoms with E-state index in [1.165, 1.54) is 7.11 Å². The van der Waals surface area contributed by atoms with Gasteiger partial charge in [-0.25, -0.2) is 10.7 Å². The predicted molar refractivity (Wildman–Crippen MR) is 51.4 cm³/mol. The van der Waals surface area contributed by atoms with Crippen molar-refractivity contribution >= 4 is 5.97 Å². The first-order valence-electron chi connectivity index (χ1n) is 4.59. The molecule has 0 rings (SSSR count). The molecule has 0 bridgehead atoms. The molecule has 5 nitrogen and oxygen atoms in total. The Morgan fingerprint density at radius 3 is 2.36 bits per heavy atom. The Kier molecular flexibility index (Phi) is 5.68. The smallest absolute Gasteiger partial charge is 0.343 e. The number of rotatable bonds is 6. The van der Waals surface area contributed by atoms with Gasteiger partial charge in [0.1, 0.15) is 0 Å². The van der Waals surface area contributed by atoms with Crippen molar-refractivity contribution in [3.8, 4) is 0 Å². The zero-order chi connectivity index (χ0) is 11.2. The lowest BCUT2D eigenvalue weighted by Crippen LogP contribution is -2.53. The standard InChI is InChI=1S/C9H19NO4/c1-5-13-8(11)9(14-10,6-12-4)7(2)3/h7H,5-6,10H2,1-4H3/t9-/m1/s1. The molecule has 0 amide bonds. The topological polar surface area (TPSA) is 70.8 Å². The molecule has 0 saturated heterocycles. The third-order valence-electron chi connectivity index (χ3n) is 2.12. The van der Waals surface area contributed by atoms with Crippen LogP contribution in [0.4, 0.5) is 0 Å². The second-order valence-corrected chi connectivity index (χ2v) is 3.32. The van der Waals surface area contributed by atoms with E-state index >= 15 is 0 Å². The van der Waals surface area contributed by atoms with Gasteiger partial charge in [0.2, 0.25) is 5.60 Å². The second-order valence-electron chi connectivity index (χ2n) is 3.32. The lowest BCUT2D eigenvalue weighted by Gasteiger charge is -2.31. The summed E-state index contributed by atoms with van der Waals surface area (Å²) in [5.41, 5.74) is -1.20. The van der Waals surface area contributed by atoms with Gasteiger partial charge in [0.15, 0.2) is 0 Å². The summed E-state index contributed by atoms with van der Waals surface area (Å²) in [6.45, 7) is 5.75. The molecular formula is C9H19NO4. The number of methoxy groups -OCH3 is 1. The first kappa shape index (κ1) is 13.4. The molecule has 0 aliphatic rings. The number of esters is 1. The van der Waals surface area contributed by atoms with Gasteiger partial charge < -0.3 is 9.47 Å². The highest BCUT2D eigenvalue weighted by molar-refractivity contribution is 5.80. The van der Waals surface area contributed by atoms with Crippen LogP contribution in [0, 0.1) is 5.92 Å².